The Bertz CT molecular complexity index is 287. The van der Waals surface area contributed by atoms with Crippen molar-refractivity contribution in [2.24, 2.45) is 5.92 Å². The fourth-order valence-corrected chi connectivity index (χ4v) is 0.380. The second-order valence-electron chi connectivity index (χ2n) is 2.68. The molecule has 10 heteroatoms. The zero-order chi connectivity index (χ0) is 14.4. The van der Waals surface area contributed by atoms with Crippen molar-refractivity contribution in [1.82, 2.24) is 0 Å². The third-order valence-electron chi connectivity index (χ3n) is 1.37. The summed E-state index contributed by atoms with van der Waals surface area (Å²) in [6, 6.07) is 0. The molecule has 0 fully saturated rings. The lowest BCUT2D eigenvalue weighted by Crippen LogP contribution is -2.34. The van der Waals surface area contributed by atoms with E-state index in [0.717, 1.165) is 0 Å². The van der Waals surface area contributed by atoms with E-state index in [1.165, 1.54) is 0 Å². The normalized spacial score (nSPS) is 13.9. The number of halogens is 4. The lowest BCUT2D eigenvalue weighted by Gasteiger charge is -2.15. The van der Waals surface area contributed by atoms with Crippen molar-refractivity contribution in [1.29, 1.82) is 0 Å². The monoisotopic (exact) mass is 264 g/mol. The van der Waals surface area contributed by atoms with Gasteiger partial charge in [-0.15, -0.1) is 0 Å². The number of carboxylic acids is 3. The number of hydrogen-bond donors (Lipinski definition) is 3. The van der Waals surface area contributed by atoms with Gasteiger partial charge in [-0.05, 0) is 0 Å². The van der Waals surface area contributed by atoms with Crippen LogP contribution >= 0.6 is 0 Å². The minimum atomic E-state index is -4.79. The maximum Gasteiger partial charge on any atom is 0.414 e. The van der Waals surface area contributed by atoms with Crippen LogP contribution in [0.2, 0.25) is 0 Å². The highest BCUT2D eigenvalue weighted by Crippen LogP contribution is 2.29. The minimum absolute atomic E-state index is 0.485. The molecule has 0 aromatic carbocycles. The van der Waals surface area contributed by atoms with Gasteiger partial charge in [0.1, 0.15) is 0 Å². The molecule has 0 radical (unpaired) electrons. The predicted octanol–water partition coefficient (Wildman–Crippen LogP) is 0.763. The molecule has 0 heterocycles. The van der Waals surface area contributed by atoms with E-state index in [-0.39, 0.29) is 0 Å². The Morgan fingerprint density at radius 1 is 1.00 bits per heavy atom. The van der Waals surface area contributed by atoms with Gasteiger partial charge in [-0.25, -0.2) is 18.8 Å². The van der Waals surface area contributed by atoms with Crippen LogP contribution in [0.1, 0.15) is 6.92 Å². The highest BCUT2D eigenvalue weighted by atomic mass is 19.4. The molecule has 0 spiro atoms. The molecule has 0 amide bonds. The average molecular weight is 264 g/mol. The van der Waals surface area contributed by atoms with Crippen molar-refractivity contribution in [3.8, 4) is 0 Å². The number of alkyl halides is 4. The summed E-state index contributed by atoms with van der Waals surface area (Å²) in [5.41, 5.74) is 0. The summed E-state index contributed by atoms with van der Waals surface area (Å²) in [6.45, 7) is 0.485. The lowest BCUT2D eigenvalue weighted by atomic mass is 10.1. The number of carboxylic acid groups (broad SMARTS) is 3. The van der Waals surface area contributed by atoms with Gasteiger partial charge in [0.15, 0.2) is 0 Å². The highest BCUT2D eigenvalue weighted by Gasteiger charge is 2.44. The number of carbonyl (C=O) groups is 3. The van der Waals surface area contributed by atoms with Gasteiger partial charge in [0.05, 0.1) is 5.92 Å². The summed E-state index contributed by atoms with van der Waals surface area (Å²) in [4.78, 5) is 27.9. The van der Waals surface area contributed by atoms with Crippen molar-refractivity contribution in [3.63, 3.8) is 0 Å². The van der Waals surface area contributed by atoms with Crippen LogP contribution in [0.4, 0.5) is 17.6 Å². The van der Waals surface area contributed by atoms with Crippen LogP contribution in [0.5, 0.6) is 0 Å². The van der Waals surface area contributed by atoms with E-state index in [1.807, 2.05) is 0 Å². The number of hydrogen-bond acceptors (Lipinski definition) is 3. The molecule has 17 heavy (non-hydrogen) atoms. The first-order chi connectivity index (χ1) is 7.41. The molecule has 0 aliphatic heterocycles. The third-order valence-corrected chi connectivity index (χ3v) is 1.37. The summed E-state index contributed by atoms with van der Waals surface area (Å²) in [5.74, 6) is -8.19. The predicted molar refractivity (Wildman–Crippen MR) is 43.0 cm³/mol. The number of aliphatic carboxylic acids is 3. The Labute approximate surface area is 91.5 Å². The second-order valence-corrected chi connectivity index (χ2v) is 2.68. The van der Waals surface area contributed by atoms with Gasteiger partial charge in [-0.1, -0.05) is 6.92 Å². The molecule has 0 rings (SSSR count). The maximum absolute atomic E-state index is 12.1. The first-order valence-electron chi connectivity index (χ1n) is 3.81. The van der Waals surface area contributed by atoms with Gasteiger partial charge in [0.25, 0.3) is 0 Å². The Hall–Kier alpha value is -1.87. The van der Waals surface area contributed by atoms with Gasteiger partial charge >= 0.3 is 24.1 Å². The van der Waals surface area contributed by atoms with Crippen LogP contribution in [-0.4, -0.2) is 45.6 Å². The van der Waals surface area contributed by atoms with E-state index < -0.39 is 36.2 Å². The van der Waals surface area contributed by atoms with Crippen molar-refractivity contribution >= 4 is 17.9 Å². The van der Waals surface area contributed by atoms with E-state index in [2.05, 4.69) is 0 Å². The molecule has 0 saturated carbocycles. The largest absolute Gasteiger partial charge is 0.479 e. The van der Waals surface area contributed by atoms with E-state index in [1.54, 1.807) is 0 Å². The summed E-state index contributed by atoms with van der Waals surface area (Å²) in [7, 11) is 0. The summed E-state index contributed by atoms with van der Waals surface area (Å²) >= 11 is 0. The maximum atomic E-state index is 12.1. The molecule has 0 aliphatic carbocycles. The first-order valence-corrected chi connectivity index (χ1v) is 3.81. The van der Waals surface area contributed by atoms with E-state index in [4.69, 9.17) is 24.9 Å². The highest BCUT2D eigenvalue weighted by molar-refractivity contribution is 6.27. The smallest absolute Gasteiger partial charge is 0.414 e. The van der Waals surface area contributed by atoms with Gasteiger partial charge in [0.2, 0.25) is 6.17 Å². The van der Waals surface area contributed by atoms with Crippen molar-refractivity contribution in [2.75, 3.05) is 0 Å². The van der Waals surface area contributed by atoms with Crippen LogP contribution in [0.25, 0.3) is 0 Å². The molecule has 0 aliphatic rings. The van der Waals surface area contributed by atoms with Crippen molar-refractivity contribution in [3.05, 3.63) is 0 Å². The van der Waals surface area contributed by atoms with Crippen molar-refractivity contribution < 1.29 is 47.3 Å². The topological polar surface area (TPSA) is 112 Å². The second kappa shape index (κ2) is 6.66. The van der Waals surface area contributed by atoms with Gasteiger partial charge in [-0.3, -0.25) is 0 Å². The van der Waals surface area contributed by atoms with Crippen LogP contribution in [0, 0.1) is 5.92 Å². The van der Waals surface area contributed by atoms with Gasteiger partial charge < -0.3 is 15.3 Å². The van der Waals surface area contributed by atoms with Gasteiger partial charge in [-0.2, -0.15) is 13.2 Å². The van der Waals surface area contributed by atoms with Crippen molar-refractivity contribution in [2.45, 2.75) is 19.3 Å². The fourth-order valence-electron chi connectivity index (χ4n) is 0.380. The molecule has 0 bridgehead atoms. The standard InChI is InChI=1S/C5H6F4O2.C2H2O4/c1-2(5(7,8)9)3(6)4(10)11;3-1(4)2(5)6/h2-3H,1H3,(H,10,11);(H,3,4)(H,5,6). The Balaban J connectivity index is 0. The summed E-state index contributed by atoms with van der Waals surface area (Å²) in [6.07, 6.45) is -7.67. The molecule has 3 N–H and O–H groups in total. The molecule has 0 saturated heterocycles. The molecular weight excluding hydrogens is 256 g/mol. The van der Waals surface area contributed by atoms with E-state index in [0.29, 0.717) is 6.92 Å². The Morgan fingerprint density at radius 3 is 1.35 bits per heavy atom. The zero-order valence-electron chi connectivity index (χ0n) is 8.23. The molecule has 2 unspecified atom stereocenters. The lowest BCUT2D eigenvalue weighted by molar-refractivity contribution is -0.193. The molecule has 0 aromatic heterocycles. The van der Waals surface area contributed by atoms with Crippen LogP contribution in [0.15, 0.2) is 0 Å². The quantitative estimate of drug-likeness (QED) is 0.501. The third kappa shape index (κ3) is 7.99. The Kier molecular flexibility index (Phi) is 6.86. The van der Waals surface area contributed by atoms with Crippen LogP contribution in [-0.2, 0) is 14.4 Å². The van der Waals surface area contributed by atoms with E-state index >= 15 is 0 Å². The molecule has 2 atom stereocenters. The van der Waals surface area contributed by atoms with E-state index in [9.17, 15) is 22.4 Å². The minimum Gasteiger partial charge on any atom is -0.479 e. The average Bonchev–Trinajstić information content (AvgIpc) is 2.14. The Morgan fingerprint density at radius 2 is 1.29 bits per heavy atom. The van der Waals surface area contributed by atoms with Gasteiger partial charge in [0, 0.05) is 0 Å². The first kappa shape index (κ1) is 17.5. The molecule has 100 valence electrons. The van der Waals surface area contributed by atoms with Crippen LogP contribution in [0.3, 0.4) is 0 Å². The number of rotatable bonds is 2. The molecule has 0 aromatic rings. The SMILES string of the molecule is CC(C(F)C(=O)O)C(F)(F)F.O=C(O)C(=O)O. The fraction of sp³-hybridized carbons (Fsp3) is 0.571. The summed E-state index contributed by atoms with van der Waals surface area (Å²) < 4.78 is 46.8. The molecule has 6 nitrogen and oxygen atoms in total. The van der Waals surface area contributed by atoms with Crippen LogP contribution < -0.4 is 0 Å². The zero-order valence-corrected chi connectivity index (χ0v) is 8.23. The molecular formula is C7H8F4O6. The summed E-state index contributed by atoms with van der Waals surface area (Å²) in [5, 5.41) is 22.6.